The van der Waals surface area contributed by atoms with Crippen molar-refractivity contribution in [3.63, 3.8) is 0 Å². The van der Waals surface area contributed by atoms with Crippen molar-refractivity contribution >= 4 is 17.2 Å². The van der Waals surface area contributed by atoms with Crippen LogP contribution < -0.4 is 0 Å². The molecule has 0 aromatic heterocycles. The molecule has 3 rings (SSSR count). The van der Waals surface area contributed by atoms with Crippen molar-refractivity contribution in [3.05, 3.63) is 52.3 Å². The van der Waals surface area contributed by atoms with Crippen molar-refractivity contribution in [2.24, 2.45) is 17.8 Å². The predicted molar refractivity (Wildman–Crippen MR) is 129 cm³/mol. The van der Waals surface area contributed by atoms with Crippen molar-refractivity contribution in [3.8, 4) is 0 Å². The first-order valence-corrected chi connectivity index (χ1v) is 12.8. The van der Waals surface area contributed by atoms with E-state index >= 15 is 0 Å². The molecule has 0 amide bonds. The molecule has 0 heterocycles. The minimum Gasteiger partial charge on any atom is -0.205 e. The molecule has 0 nitrogen and oxygen atoms in total. The average molecular weight is 431 g/mol. The molecule has 0 radical (unpaired) electrons. The number of rotatable bonds is 9. The van der Waals surface area contributed by atoms with Crippen LogP contribution >= 0.6 is 11.6 Å². The fourth-order valence-electron chi connectivity index (χ4n) is 5.23. The fraction of sp³-hybridized carbons (Fsp3) is 0.643. The zero-order chi connectivity index (χ0) is 21.3. The SMILES string of the molecule is CCCCCCC1CCC(/C=C/C2CC=C(c3ccc(CC)c(F)c3Cl)CC2)CC1. The van der Waals surface area contributed by atoms with Crippen LogP contribution in [-0.2, 0) is 6.42 Å². The molecule has 0 bridgehead atoms. The lowest BCUT2D eigenvalue weighted by Gasteiger charge is -2.27. The van der Waals surface area contributed by atoms with E-state index in [2.05, 4.69) is 25.2 Å². The smallest absolute Gasteiger partial charge is 0.145 e. The van der Waals surface area contributed by atoms with Gasteiger partial charge < -0.3 is 0 Å². The molecule has 1 aromatic rings. The van der Waals surface area contributed by atoms with E-state index in [1.165, 1.54) is 63.4 Å². The van der Waals surface area contributed by atoms with Crippen molar-refractivity contribution in [1.29, 1.82) is 0 Å². The van der Waals surface area contributed by atoms with Gasteiger partial charge in [-0.15, -0.1) is 0 Å². The van der Waals surface area contributed by atoms with E-state index in [9.17, 15) is 4.39 Å². The summed E-state index contributed by atoms with van der Waals surface area (Å²) in [7, 11) is 0. The number of allylic oxidation sites excluding steroid dienone is 4. The lowest BCUT2D eigenvalue weighted by molar-refractivity contribution is 0.288. The van der Waals surface area contributed by atoms with Crippen molar-refractivity contribution < 1.29 is 4.39 Å². The van der Waals surface area contributed by atoms with Crippen LogP contribution in [0.1, 0.15) is 102 Å². The molecule has 0 spiro atoms. The maximum absolute atomic E-state index is 14.4. The zero-order valence-corrected chi connectivity index (χ0v) is 19.8. The molecule has 2 aliphatic rings. The Kier molecular flexibility index (Phi) is 9.50. The Bertz CT molecular complexity index is 724. The number of halogens is 2. The molecule has 0 aliphatic heterocycles. The highest BCUT2D eigenvalue weighted by Crippen LogP contribution is 2.37. The molecular formula is C28H40ClF. The number of unbranched alkanes of at least 4 members (excludes halogenated alkanes) is 3. The van der Waals surface area contributed by atoms with Gasteiger partial charge in [-0.1, -0.05) is 87.9 Å². The standard InChI is InChI=1S/C28H40ClF/c1-3-5-6-7-8-21-9-11-22(12-10-21)13-14-23-15-17-25(18-16-23)26-20-19-24(4-2)28(30)27(26)29/h13-14,17,19-23H,3-12,15-16,18H2,1-2H3/b14-13+. The van der Waals surface area contributed by atoms with Crippen LogP contribution in [0.25, 0.3) is 5.57 Å². The highest BCUT2D eigenvalue weighted by atomic mass is 35.5. The van der Waals surface area contributed by atoms with Gasteiger partial charge in [0.25, 0.3) is 0 Å². The molecule has 30 heavy (non-hydrogen) atoms. The van der Waals surface area contributed by atoms with E-state index in [0.29, 0.717) is 22.9 Å². The summed E-state index contributed by atoms with van der Waals surface area (Å²) in [5.41, 5.74) is 2.82. The average Bonchev–Trinajstić information content (AvgIpc) is 2.78. The molecule has 2 aliphatic carbocycles. The Morgan fingerprint density at radius 3 is 2.40 bits per heavy atom. The molecule has 166 valence electrons. The summed E-state index contributed by atoms with van der Waals surface area (Å²) in [6, 6.07) is 3.90. The largest absolute Gasteiger partial charge is 0.205 e. The highest BCUT2D eigenvalue weighted by molar-refractivity contribution is 6.32. The van der Waals surface area contributed by atoms with Crippen LogP contribution in [0.15, 0.2) is 30.4 Å². The zero-order valence-electron chi connectivity index (χ0n) is 19.1. The van der Waals surface area contributed by atoms with Crippen LogP contribution in [0.2, 0.25) is 5.02 Å². The summed E-state index contributed by atoms with van der Waals surface area (Å²) in [6.07, 6.45) is 23.8. The Labute approximate surface area is 189 Å². The Hall–Kier alpha value is -1.08. The molecule has 1 unspecified atom stereocenters. The highest BCUT2D eigenvalue weighted by Gasteiger charge is 2.21. The second-order valence-corrected chi connectivity index (χ2v) is 9.91. The van der Waals surface area contributed by atoms with Crippen molar-refractivity contribution in [2.75, 3.05) is 0 Å². The number of hydrogen-bond acceptors (Lipinski definition) is 0. The molecule has 1 fully saturated rings. The fourth-order valence-corrected chi connectivity index (χ4v) is 5.53. The van der Waals surface area contributed by atoms with Gasteiger partial charge in [0.15, 0.2) is 0 Å². The maximum atomic E-state index is 14.4. The summed E-state index contributed by atoms with van der Waals surface area (Å²) in [6.45, 7) is 4.25. The van der Waals surface area contributed by atoms with E-state index in [-0.39, 0.29) is 5.82 Å². The third-order valence-electron chi connectivity index (χ3n) is 7.35. The molecule has 1 aromatic carbocycles. The van der Waals surface area contributed by atoms with E-state index < -0.39 is 0 Å². The first-order chi connectivity index (χ1) is 14.6. The monoisotopic (exact) mass is 430 g/mol. The third kappa shape index (κ3) is 6.46. The van der Waals surface area contributed by atoms with Gasteiger partial charge in [-0.25, -0.2) is 4.39 Å². The molecule has 0 saturated heterocycles. The lowest BCUT2D eigenvalue weighted by atomic mass is 9.78. The van der Waals surface area contributed by atoms with Crippen LogP contribution in [0.5, 0.6) is 0 Å². The summed E-state index contributed by atoms with van der Waals surface area (Å²) in [4.78, 5) is 0. The number of benzene rings is 1. The molecule has 1 atom stereocenters. The second kappa shape index (κ2) is 12.1. The van der Waals surface area contributed by atoms with E-state index in [1.807, 2.05) is 19.1 Å². The second-order valence-electron chi connectivity index (χ2n) is 9.53. The van der Waals surface area contributed by atoms with Gasteiger partial charge in [-0.2, -0.15) is 0 Å². The normalized spacial score (nSPS) is 24.9. The minimum atomic E-state index is -0.236. The van der Waals surface area contributed by atoms with E-state index in [1.54, 1.807) is 0 Å². The Morgan fingerprint density at radius 2 is 1.73 bits per heavy atom. The minimum absolute atomic E-state index is 0.236. The molecule has 1 saturated carbocycles. The Balaban J connectivity index is 1.45. The van der Waals surface area contributed by atoms with Gasteiger partial charge in [-0.3, -0.25) is 0 Å². The van der Waals surface area contributed by atoms with Crippen molar-refractivity contribution in [1.82, 2.24) is 0 Å². The first-order valence-electron chi connectivity index (χ1n) is 12.5. The molecule has 0 N–H and O–H groups in total. The van der Waals surface area contributed by atoms with Crippen LogP contribution in [0.4, 0.5) is 4.39 Å². The summed E-state index contributed by atoms with van der Waals surface area (Å²) in [5.74, 6) is 2.16. The van der Waals surface area contributed by atoms with Gasteiger partial charge in [0.2, 0.25) is 0 Å². The predicted octanol–water partition coefficient (Wildman–Crippen LogP) is 9.56. The van der Waals surface area contributed by atoms with Crippen LogP contribution in [-0.4, -0.2) is 0 Å². The van der Waals surface area contributed by atoms with E-state index in [4.69, 9.17) is 11.6 Å². The van der Waals surface area contributed by atoms with Crippen molar-refractivity contribution in [2.45, 2.75) is 97.3 Å². The van der Waals surface area contributed by atoms with Crippen LogP contribution in [0, 0.1) is 23.6 Å². The summed E-state index contributed by atoms with van der Waals surface area (Å²) < 4.78 is 14.4. The summed E-state index contributed by atoms with van der Waals surface area (Å²) in [5, 5.41) is 0.307. The molecular weight excluding hydrogens is 391 g/mol. The lowest BCUT2D eigenvalue weighted by Crippen LogP contribution is -2.13. The van der Waals surface area contributed by atoms with Gasteiger partial charge in [-0.05, 0) is 85.8 Å². The quantitative estimate of drug-likeness (QED) is 0.270. The van der Waals surface area contributed by atoms with E-state index in [0.717, 1.165) is 36.7 Å². The van der Waals surface area contributed by atoms with Gasteiger partial charge in [0.05, 0.1) is 5.02 Å². The van der Waals surface area contributed by atoms with Gasteiger partial charge >= 0.3 is 0 Å². The maximum Gasteiger partial charge on any atom is 0.145 e. The topological polar surface area (TPSA) is 0 Å². The number of hydrogen-bond donors (Lipinski definition) is 0. The van der Waals surface area contributed by atoms with Crippen LogP contribution in [0.3, 0.4) is 0 Å². The van der Waals surface area contributed by atoms with Gasteiger partial charge in [0, 0.05) is 0 Å². The Morgan fingerprint density at radius 1 is 0.967 bits per heavy atom. The number of aryl methyl sites for hydroxylation is 1. The first kappa shape index (κ1) is 23.6. The van der Waals surface area contributed by atoms with Gasteiger partial charge in [0.1, 0.15) is 5.82 Å². The summed E-state index contributed by atoms with van der Waals surface area (Å²) >= 11 is 6.34. The molecule has 2 heteroatoms. The third-order valence-corrected chi connectivity index (χ3v) is 7.72.